The van der Waals surface area contributed by atoms with Gasteiger partial charge in [-0.2, -0.15) is 23.1 Å². The fraction of sp³-hybridized carbons (Fsp3) is 0.513. The van der Waals surface area contributed by atoms with Gasteiger partial charge in [0.2, 0.25) is 0 Å². The first-order valence-electron chi connectivity index (χ1n) is 18.1. The molecule has 54 heavy (non-hydrogen) atoms. The Morgan fingerprint density at radius 3 is 2.63 bits per heavy atom. The number of terminal acetylenes is 1. The standard InChI is InChI=1S/C39H40F5N5O5/c1-3-25-28(40)8-7-22-14-24(50)15-26(30(22)25)32-31(41)33-27(18-45-32)34(48-12-13-53-20-36(2,51)19-48)47-35(46-33)54-21-37-9-4-6-29(37)49(11-5-10-37)23-16-38(52,17-23)39(42,43)44/h1,7-8,14-15,18,23,29,50-52H,4-6,9-13,16-17,19-21H2,2H3/t23?,29-,36+,37-,38?/m1/s1. The van der Waals surface area contributed by atoms with Gasteiger partial charge >= 0.3 is 12.2 Å². The molecule has 0 radical (unpaired) electrons. The summed E-state index contributed by atoms with van der Waals surface area (Å²) in [6.45, 7) is 3.03. The number of hydrogen-bond acceptors (Lipinski definition) is 10. The van der Waals surface area contributed by atoms with Crippen molar-refractivity contribution in [3.05, 3.63) is 47.7 Å². The minimum absolute atomic E-state index is 0.0500. The molecule has 2 aliphatic heterocycles. The maximum absolute atomic E-state index is 17.0. The molecule has 2 aromatic heterocycles. The number of halogens is 5. The number of β-amino-alcohol motifs (C(OH)–C–C–N with tert-alkyl or cyclic N) is 1. The second kappa shape index (κ2) is 13.1. The number of rotatable bonds is 6. The number of piperidine rings is 1. The molecule has 2 aromatic carbocycles. The molecule has 3 N–H and O–H groups in total. The minimum Gasteiger partial charge on any atom is -0.508 e. The van der Waals surface area contributed by atoms with E-state index in [1.54, 1.807) is 11.8 Å². The number of fused-ring (bicyclic) bond motifs is 3. The molecule has 2 aliphatic carbocycles. The summed E-state index contributed by atoms with van der Waals surface area (Å²) < 4.78 is 84.5. The summed E-state index contributed by atoms with van der Waals surface area (Å²) in [7, 11) is 0. The van der Waals surface area contributed by atoms with Gasteiger partial charge in [0.15, 0.2) is 11.4 Å². The fourth-order valence-electron chi connectivity index (χ4n) is 9.22. The van der Waals surface area contributed by atoms with Crippen LogP contribution in [0.4, 0.5) is 27.8 Å². The maximum Gasteiger partial charge on any atom is 0.417 e. The molecule has 0 unspecified atom stereocenters. The zero-order valence-corrected chi connectivity index (χ0v) is 29.6. The zero-order valence-electron chi connectivity index (χ0n) is 29.6. The summed E-state index contributed by atoms with van der Waals surface area (Å²) in [5.74, 6) is 0.749. The van der Waals surface area contributed by atoms with Crippen molar-refractivity contribution >= 4 is 27.5 Å². The van der Waals surface area contributed by atoms with Crippen LogP contribution in [0.1, 0.15) is 57.4 Å². The van der Waals surface area contributed by atoms with Crippen molar-refractivity contribution in [2.75, 3.05) is 44.4 Å². The number of aliphatic hydroxyl groups is 2. The molecule has 3 atom stereocenters. The predicted octanol–water partition coefficient (Wildman–Crippen LogP) is 5.87. The first-order chi connectivity index (χ1) is 25.6. The lowest BCUT2D eigenvalue weighted by molar-refractivity contribution is -0.303. The van der Waals surface area contributed by atoms with E-state index in [1.165, 1.54) is 30.5 Å². The highest BCUT2D eigenvalue weighted by Crippen LogP contribution is 2.54. The molecular formula is C39H40F5N5O5. The Balaban J connectivity index is 1.19. The van der Waals surface area contributed by atoms with E-state index in [0.29, 0.717) is 18.5 Å². The Morgan fingerprint density at radius 2 is 1.87 bits per heavy atom. The third kappa shape index (κ3) is 6.17. The number of pyridine rings is 1. The number of nitrogens with zero attached hydrogens (tertiary/aromatic N) is 5. The van der Waals surface area contributed by atoms with Crippen LogP contribution in [0.2, 0.25) is 0 Å². The summed E-state index contributed by atoms with van der Waals surface area (Å²) in [6.07, 6.45) is 5.49. The number of likely N-dealkylation sites (tertiary alicyclic amines) is 1. The van der Waals surface area contributed by atoms with Crippen molar-refractivity contribution in [1.29, 1.82) is 0 Å². The Hall–Kier alpha value is -4.36. The smallest absolute Gasteiger partial charge is 0.417 e. The van der Waals surface area contributed by atoms with E-state index in [-0.39, 0.29) is 95.9 Å². The number of benzene rings is 2. The minimum atomic E-state index is -4.69. The second-order valence-electron chi connectivity index (χ2n) is 15.6. The lowest BCUT2D eigenvalue weighted by Crippen LogP contribution is -2.66. The van der Waals surface area contributed by atoms with Crippen LogP contribution in [-0.2, 0) is 4.74 Å². The summed E-state index contributed by atoms with van der Waals surface area (Å²) in [5, 5.41) is 32.6. The highest BCUT2D eigenvalue weighted by atomic mass is 19.4. The van der Waals surface area contributed by atoms with Gasteiger partial charge in [-0.3, -0.25) is 9.88 Å². The molecule has 8 rings (SSSR count). The van der Waals surface area contributed by atoms with Crippen LogP contribution in [0, 0.1) is 29.4 Å². The van der Waals surface area contributed by atoms with E-state index in [0.717, 1.165) is 32.1 Å². The van der Waals surface area contributed by atoms with Crippen molar-refractivity contribution in [3.63, 3.8) is 0 Å². The lowest BCUT2D eigenvalue weighted by atomic mass is 9.69. The molecule has 10 nitrogen and oxygen atoms in total. The van der Waals surface area contributed by atoms with E-state index in [9.17, 15) is 32.9 Å². The van der Waals surface area contributed by atoms with Gasteiger partial charge in [0.05, 0.1) is 37.3 Å². The molecule has 4 heterocycles. The molecular weight excluding hydrogens is 713 g/mol. The van der Waals surface area contributed by atoms with Gasteiger partial charge in [-0.05, 0) is 62.7 Å². The number of ether oxygens (including phenoxy) is 2. The fourth-order valence-corrected chi connectivity index (χ4v) is 9.22. The molecule has 0 amide bonds. The second-order valence-corrected chi connectivity index (χ2v) is 15.6. The lowest BCUT2D eigenvalue weighted by Gasteiger charge is -2.55. The Kier molecular flexibility index (Phi) is 8.91. The topological polar surface area (TPSA) is 124 Å². The number of phenols is 1. The normalized spacial score (nSPS) is 29.1. The molecule has 2 saturated heterocycles. The number of alkyl halides is 3. The van der Waals surface area contributed by atoms with Crippen molar-refractivity contribution < 1.29 is 46.7 Å². The average molecular weight is 754 g/mol. The quantitative estimate of drug-likeness (QED) is 0.163. The Labute approximate surface area is 307 Å². The molecule has 15 heteroatoms. The molecule has 4 fully saturated rings. The Bertz CT molecular complexity index is 2170. The van der Waals surface area contributed by atoms with E-state index < -0.39 is 40.5 Å². The first-order valence-corrected chi connectivity index (χ1v) is 18.1. The SMILES string of the molecule is C#Cc1c(F)ccc2cc(O)cc(-c3ncc4c(N5CCOC[C@@](C)(O)C5)nc(OC[C@]56CCC[C@H]5N(C5CC(O)(C(F)(F)F)C5)CCC6)nc4c3F)c12. The van der Waals surface area contributed by atoms with Crippen molar-refractivity contribution in [2.24, 2.45) is 5.41 Å². The van der Waals surface area contributed by atoms with Gasteiger partial charge in [-0.15, -0.1) is 6.42 Å². The highest BCUT2D eigenvalue weighted by molar-refractivity contribution is 6.03. The largest absolute Gasteiger partial charge is 0.508 e. The molecule has 4 aliphatic rings. The average Bonchev–Trinajstić information content (AvgIpc) is 3.46. The van der Waals surface area contributed by atoms with Crippen LogP contribution in [0.25, 0.3) is 32.9 Å². The predicted molar refractivity (Wildman–Crippen MR) is 189 cm³/mol. The number of aromatic nitrogens is 3. The number of hydrogen-bond donors (Lipinski definition) is 3. The van der Waals surface area contributed by atoms with Gasteiger partial charge in [0.25, 0.3) is 0 Å². The van der Waals surface area contributed by atoms with Crippen molar-refractivity contribution in [3.8, 4) is 35.4 Å². The van der Waals surface area contributed by atoms with Gasteiger partial charge < -0.3 is 29.7 Å². The van der Waals surface area contributed by atoms with Gasteiger partial charge in [0.1, 0.15) is 34.2 Å². The van der Waals surface area contributed by atoms with Crippen molar-refractivity contribution in [2.45, 2.75) is 81.3 Å². The van der Waals surface area contributed by atoms with Gasteiger partial charge in [-0.25, -0.2) is 8.78 Å². The first kappa shape index (κ1) is 36.6. The molecule has 4 aromatic rings. The maximum atomic E-state index is 17.0. The third-order valence-corrected chi connectivity index (χ3v) is 11.8. The summed E-state index contributed by atoms with van der Waals surface area (Å²) >= 11 is 0. The van der Waals surface area contributed by atoms with Crippen LogP contribution >= 0.6 is 0 Å². The van der Waals surface area contributed by atoms with Gasteiger partial charge in [-0.1, -0.05) is 18.4 Å². The van der Waals surface area contributed by atoms with E-state index >= 15 is 4.39 Å². The summed E-state index contributed by atoms with van der Waals surface area (Å²) in [5.41, 5.74) is -4.88. The summed E-state index contributed by atoms with van der Waals surface area (Å²) in [6, 6.07) is 4.61. The van der Waals surface area contributed by atoms with Crippen LogP contribution < -0.4 is 9.64 Å². The third-order valence-electron chi connectivity index (χ3n) is 11.8. The molecule has 0 spiro atoms. The molecule has 2 saturated carbocycles. The van der Waals surface area contributed by atoms with Crippen LogP contribution in [-0.4, -0.2) is 104 Å². The Morgan fingerprint density at radius 1 is 1.09 bits per heavy atom. The van der Waals surface area contributed by atoms with Crippen LogP contribution in [0.15, 0.2) is 30.5 Å². The van der Waals surface area contributed by atoms with Crippen LogP contribution in [0.5, 0.6) is 11.8 Å². The molecule has 286 valence electrons. The van der Waals surface area contributed by atoms with E-state index in [1.807, 2.05) is 0 Å². The highest BCUT2D eigenvalue weighted by Gasteiger charge is 2.64. The van der Waals surface area contributed by atoms with Crippen molar-refractivity contribution in [1.82, 2.24) is 19.9 Å². The number of aromatic hydroxyl groups is 1. The van der Waals surface area contributed by atoms with Gasteiger partial charge in [0, 0.05) is 54.0 Å². The number of phenolic OH excluding ortho intramolecular Hbond substituents is 1. The zero-order chi connectivity index (χ0) is 38.2. The summed E-state index contributed by atoms with van der Waals surface area (Å²) in [4.78, 5) is 17.6. The van der Waals surface area contributed by atoms with E-state index in [2.05, 4.69) is 20.8 Å². The molecule has 0 bridgehead atoms. The van der Waals surface area contributed by atoms with E-state index in [4.69, 9.17) is 20.9 Å². The monoisotopic (exact) mass is 753 g/mol. The number of anilines is 1. The van der Waals surface area contributed by atoms with Crippen LogP contribution in [0.3, 0.4) is 0 Å².